The molecule has 0 aliphatic heterocycles. The number of para-hydroxylation sites is 1. The van der Waals surface area contributed by atoms with Crippen molar-refractivity contribution in [3.8, 4) is 5.75 Å². The number of hydrogen-bond donors (Lipinski definition) is 2. The van der Waals surface area contributed by atoms with E-state index in [4.69, 9.17) is 4.74 Å². The number of carbonyl (C=O) groups is 2. The zero-order chi connectivity index (χ0) is 20.2. The Labute approximate surface area is 161 Å². The minimum atomic E-state index is -0.704. The van der Waals surface area contributed by atoms with Crippen LogP contribution < -0.4 is 15.4 Å². The van der Waals surface area contributed by atoms with E-state index in [2.05, 4.69) is 10.6 Å². The molecule has 0 aromatic heterocycles. The molecule has 0 radical (unpaired) electrons. The minimum Gasteiger partial charge on any atom is -0.481 e. The van der Waals surface area contributed by atoms with Crippen LogP contribution in [0.4, 0.5) is 5.69 Å². The van der Waals surface area contributed by atoms with Gasteiger partial charge in [0.05, 0.1) is 11.3 Å². The Morgan fingerprint density at radius 2 is 1.70 bits per heavy atom. The van der Waals surface area contributed by atoms with Gasteiger partial charge < -0.3 is 15.4 Å². The van der Waals surface area contributed by atoms with Crippen molar-refractivity contribution < 1.29 is 14.3 Å². The quantitative estimate of drug-likeness (QED) is 0.829. The maximum Gasteiger partial charge on any atom is 0.265 e. The van der Waals surface area contributed by atoms with Crippen LogP contribution in [0.5, 0.6) is 5.75 Å². The highest BCUT2D eigenvalue weighted by Crippen LogP contribution is 2.21. The molecule has 0 saturated carbocycles. The largest absolute Gasteiger partial charge is 0.481 e. The Bertz CT molecular complexity index is 838. The standard InChI is InChI=1S/C22H28N2O3/c1-14-11-12-19(15(2)13-14)27-16(3)20(25)23-18-10-8-7-9-17(18)21(26)24-22(4,5)6/h7-13,16H,1-6H3,(H,23,25)(H,24,26)/t16-/m0/s1. The molecule has 0 aliphatic carbocycles. The van der Waals surface area contributed by atoms with E-state index in [1.807, 2.05) is 52.8 Å². The van der Waals surface area contributed by atoms with E-state index in [0.717, 1.165) is 11.1 Å². The normalized spacial score (nSPS) is 12.2. The molecule has 0 unspecified atom stereocenters. The van der Waals surface area contributed by atoms with Crippen LogP contribution in [0.15, 0.2) is 42.5 Å². The average molecular weight is 368 g/mol. The van der Waals surface area contributed by atoms with Gasteiger partial charge in [0.15, 0.2) is 6.10 Å². The number of carbonyl (C=O) groups excluding carboxylic acids is 2. The third kappa shape index (κ3) is 5.84. The fourth-order valence-electron chi connectivity index (χ4n) is 2.61. The number of hydrogen-bond acceptors (Lipinski definition) is 3. The predicted molar refractivity (Wildman–Crippen MR) is 108 cm³/mol. The predicted octanol–water partition coefficient (Wildman–Crippen LogP) is 4.24. The number of nitrogens with one attached hydrogen (secondary N) is 2. The van der Waals surface area contributed by atoms with Gasteiger partial charge in [-0.05, 0) is 65.3 Å². The van der Waals surface area contributed by atoms with Crippen molar-refractivity contribution in [2.75, 3.05) is 5.32 Å². The van der Waals surface area contributed by atoms with Crippen molar-refractivity contribution >= 4 is 17.5 Å². The summed E-state index contributed by atoms with van der Waals surface area (Å²) in [6.45, 7) is 11.4. The molecule has 0 saturated heterocycles. The highest BCUT2D eigenvalue weighted by Gasteiger charge is 2.21. The Hall–Kier alpha value is -2.82. The van der Waals surface area contributed by atoms with Crippen molar-refractivity contribution in [1.82, 2.24) is 5.32 Å². The van der Waals surface area contributed by atoms with Crippen molar-refractivity contribution in [3.05, 3.63) is 59.2 Å². The van der Waals surface area contributed by atoms with Crippen LogP contribution in [-0.2, 0) is 4.79 Å². The lowest BCUT2D eigenvalue weighted by Crippen LogP contribution is -2.41. The lowest BCUT2D eigenvalue weighted by molar-refractivity contribution is -0.122. The van der Waals surface area contributed by atoms with Crippen LogP contribution in [0.25, 0.3) is 0 Å². The maximum absolute atomic E-state index is 12.6. The highest BCUT2D eigenvalue weighted by molar-refractivity contribution is 6.04. The van der Waals surface area contributed by atoms with E-state index in [9.17, 15) is 9.59 Å². The average Bonchev–Trinajstić information content (AvgIpc) is 2.56. The molecule has 0 heterocycles. The molecular weight excluding hydrogens is 340 g/mol. The van der Waals surface area contributed by atoms with Crippen LogP contribution >= 0.6 is 0 Å². The Morgan fingerprint density at radius 1 is 1.04 bits per heavy atom. The molecule has 0 spiro atoms. The minimum absolute atomic E-state index is 0.235. The second kappa shape index (κ2) is 8.25. The zero-order valence-electron chi connectivity index (χ0n) is 16.8. The van der Waals surface area contributed by atoms with E-state index in [1.54, 1.807) is 31.2 Å². The van der Waals surface area contributed by atoms with Gasteiger partial charge in [-0.2, -0.15) is 0 Å². The third-order valence-electron chi connectivity index (χ3n) is 3.92. The van der Waals surface area contributed by atoms with Gasteiger partial charge in [-0.3, -0.25) is 9.59 Å². The maximum atomic E-state index is 12.6. The smallest absolute Gasteiger partial charge is 0.265 e. The SMILES string of the molecule is Cc1ccc(O[C@@H](C)C(=O)Nc2ccccc2C(=O)NC(C)(C)C)c(C)c1. The molecule has 2 amide bonds. The monoisotopic (exact) mass is 368 g/mol. The summed E-state index contributed by atoms with van der Waals surface area (Å²) in [7, 11) is 0. The summed E-state index contributed by atoms with van der Waals surface area (Å²) in [4.78, 5) is 25.1. The highest BCUT2D eigenvalue weighted by atomic mass is 16.5. The fourth-order valence-corrected chi connectivity index (χ4v) is 2.61. The first-order valence-corrected chi connectivity index (χ1v) is 9.03. The number of amides is 2. The van der Waals surface area contributed by atoms with Crippen LogP contribution in [-0.4, -0.2) is 23.5 Å². The van der Waals surface area contributed by atoms with Crippen molar-refractivity contribution in [1.29, 1.82) is 0 Å². The van der Waals surface area contributed by atoms with Gasteiger partial charge in [0.25, 0.3) is 11.8 Å². The number of ether oxygens (including phenoxy) is 1. The molecule has 0 aliphatic rings. The molecule has 0 fully saturated rings. The summed E-state index contributed by atoms with van der Waals surface area (Å²) in [5.41, 5.74) is 2.61. The molecule has 2 aromatic rings. The lowest BCUT2D eigenvalue weighted by atomic mass is 10.1. The van der Waals surface area contributed by atoms with E-state index in [1.165, 1.54) is 0 Å². The number of rotatable bonds is 5. The first-order valence-electron chi connectivity index (χ1n) is 9.03. The Morgan fingerprint density at radius 3 is 2.33 bits per heavy atom. The number of anilines is 1. The second-order valence-corrected chi connectivity index (χ2v) is 7.77. The molecule has 0 bridgehead atoms. The van der Waals surface area contributed by atoms with Crippen LogP contribution in [0, 0.1) is 13.8 Å². The lowest BCUT2D eigenvalue weighted by Gasteiger charge is -2.22. The van der Waals surface area contributed by atoms with Crippen LogP contribution in [0.2, 0.25) is 0 Å². The van der Waals surface area contributed by atoms with E-state index in [-0.39, 0.29) is 17.4 Å². The van der Waals surface area contributed by atoms with Gasteiger partial charge in [-0.25, -0.2) is 0 Å². The Kier molecular flexibility index (Phi) is 6.26. The molecule has 144 valence electrons. The van der Waals surface area contributed by atoms with Gasteiger partial charge in [0.1, 0.15) is 5.75 Å². The van der Waals surface area contributed by atoms with Gasteiger partial charge in [0.2, 0.25) is 0 Å². The summed E-state index contributed by atoms with van der Waals surface area (Å²) in [5.74, 6) is 0.120. The molecule has 2 rings (SSSR count). The number of aryl methyl sites for hydroxylation is 2. The van der Waals surface area contributed by atoms with E-state index in [0.29, 0.717) is 17.0 Å². The van der Waals surface area contributed by atoms with Gasteiger partial charge in [0, 0.05) is 5.54 Å². The molecule has 1 atom stereocenters. The molecule has 5 heteroatoms. The molecular formula is C22H28N2O3. The van der Waals surface area contributed by atoms with Gasteiger partial charge in [-0.15, -0.1) is 0 Å². The first kappa shape index (κ1) is 20.5. The molecule has 2 aromatic carbocycles. The first-order chi connectivity index (χ1) is 12.6. The molecule has 2 N–H and O–H groups in total. The molecule has 5 nitrogen and oxygen atoms in total. The van der Waals surface area contributed by atoms with E-state index >= 15 is 0 Å². The summed E-state index contributed by atoms with van der Waals surface area (Å²) >= 11 is 0. The van der Waals surface area contributed by atoms with Crippen LogP contribution in [0.3, 0.4) is 0 Å². The number of benzene rings is 2. The summed E-state index contributed by atoms with van der Waals surface area (Å²) in [6.07, 6.45) is -0.704. The topological polar surface area (TPSA) is 67.4 Å². The Balaban J connectivity index is 2.12. The van der Waals surface area contributed by atoms with Gasteiger partial charge in [-0.1, -0.05) is 29.8 Å². The van der Waals surface area contributed by atoms with Crippen molar-refractivity contribution in [2.45, 2.75) is 53.2 Å². The molecule has 27 heavy (non-hydrogen) atoms. The van der Waals surface area contributed by atoms with Crippen molar-refractivity contribution in [2.24, 2.45) is 0 Å². The van der Waals surface area contributed by atoms with Gasteiger partial charge >= 0.3 is 0 Å². The second-order valence-electron chi connectivity index (χ2n) is 7.77. The fraction of sp³-hybridized carbons (Fsp3) is 0.364. The van der Waals surface area contributed by atoms with E-state index < -0.39 is 6.10 Å². The van der Waals surface area contributed by atoms with Crippen LogP contribution in [0.1, 0.15) is 49.2 Å². The summed E-state index contributed by atoms with van der Waals surface area (Å²) in [5, 5.41) is 5.71. The zero-order valence-corrected chi connectivity index (χ0v) is 16.8. The third-order valence-corrected chi connectivity index (χ3v) is 3.92. The summed E-state index contributed by atoms with van der Waals surface area (Å²) in [6, 6.07) is 12.7. The van der Waals surface area contributed by atoms with Crippen molar-refractivity contribution in [3.63, 3.8) is 0 Å². The summed E-state index contributed by atoms with van der Waals surface area (Å²) < 4.78 is 5.80.